The Morgan fingerprint density at radius 2 is 2.00 bits per heavy atom. The van der Waals surface area contributed by atoms with Gasteiger partial charge in [-0.25, -0.2) is 0 Å². The highest BCUT2D eigenvalue weighted by molar-refractivity contribution is 5.80. The number of carbonyl (C=O) groups excluding carboxylic acids is 1. The van der Waals surface area contributed by atoms with Crippen LogP contribution in [-0.2, 0) is 18.4 Å². The first-order valence-corrected chi connectivity index (χ1v) is 6.90. The van der Waals surface area contributed by atoms with E-state index in [2.05, 4.69) is 23.1 Å². The first-order valence-electron chi connectivity index (χ1n) is 6.90. The summed E-state index contributed by atoms with van der Waals surface area (Å²) in [4.78, 5) is 14.3. The number of aryl methyl sites for hydroxylation is 2. The van der Waals surface area contributed by atoms with Crippen molar-refractivity contribution in [3.05, 3.63) is 17.5 Å². The van der Waals surface area contributed by atoms with Gasteiger partial charge in [-0.2, -0.15) is 5.10 Å². The van der Waals surface area contributed by atoms with Crippen molar-refractivity contribution in [2.75, 3.05) is 0 Å². The molecule has 2 saturated heterocycles. The van der Waals surface area contributed by atoms with Gasteiger partial charge in [-0.15, -0.1) is 0 Å². The average Bonchev–Trinajstić information content (AvgIpc) is 2.59. The first kappa shape index (κ1) is 11.9. The van der Waals surface area contributed by atoms with Gasteiger partial charge < -0.3 is 0 Å². The van der Waals surface area contributed by atoms with Crippen molar-refractivity contribution in [1.29, 1.82) is 0 Å². The normalized spacial score (nSPS) is 28.7. The topological polar surface area (TPSA) is 38.1 Å². The lowest BCUT2D eigenvalue weighted by Crippen LogP contribution is -2.51. The Kier molecular flexibility index (Phi) is 2.98. The zero-order valence-corrected chi connectivity index (χ0v) is 11.2. The van der Waals surface area contributed by atoms with Crippen LogP contribution in [0, 0.1) is 6.92 Å². The first-order chi connectivity index (χ1) is 8.63. The van der Waals surface area contributed by atoms with Gasteiger partial charge in [0.2, 0.25) is 0 Å². The summed E-state index contributed by atoms with van der Waals surface area (Å²) in [5, 5.41) is 4.41. The van der Waals surface area contributed by atoms with Gasteiger partial charge >= 0.3 is 0 Å². The quantitative estimate of drug-likeness (QED) is 0.800. The summed E-state index contributed by atoms with van der Waals surface area (Å²) < 4.78 is 1.88. The summed E-state index contributed by atoms with van der Waals surface area (Å²) in [6, 6.07) is 0.953. The highest BCUT2D eigenvalue weighted by atomic mass is 16.1. The van der Waals surface area contributed by atoms with Crippen LogP contribution in [-0.4, -0.2) is 32.5 Å². The van der Waals surface area contributed by atoms with Crippen LogP contribution in [0.25, 0.3) is 0 Å². The number of rotatable bonds is 2. The van der Waals surface area contributed by atoms with E-state index in [4.69, 9.17) is 0 Å². The van der Waals surface area contributed by atoms with E-state index in [-0.39, 0.29) is 0 Å². The average molecular weight is 247 g/mol. The van der Waals surface area contributed by atoms with Gasteiger partial charge in [0.05, 0.1) is 5.69 Å². The van der Waals surface area contributed by atoms with Gasteiger partial charge in [0.15, 0.2) is 0 Å². The zero-order chi connectivity index (χ0) is 12.7. The van der Waals surface area contributed by atoms with Crippen molar-refractivity contribution in [3.63, 3.8) is 0 Å². The zero-order valence-electron chi connectivity index (χ0n) is 11.2. The Hall–Kier alpha value is -1.16. The molecule has 4 nitrogen and oxygen atoms in total. The summed E-state index contributed by atoms with van der Waals surface area (Å²) in [6.07, 6.45) is 7.28. The number of carbonyl (C=O) groups is 1. The maximum absolute atomic E-state index is 11.7. The minimum absolute atomic E-state index is 0.462. The molecule has 3 rings (SSSR count). The molecule has 0 radical (unpaired) electrons. The fraction of sp³-hybridized carbons (Fsp3) is 0.714. The number of hydrogen-bond acceptors (Lipinski definition) is 3. The van der Waals surface area contributed by atoms with Crippen LogP contribution >= 0.6 is 0 Å². The summed E-state index contributed by atoms with van der Waals surface area (Å²) in [6.45, 7) is 3.03. The summed E-state index contributed by atoms with van der Waals surface area (Å²) in [5.74, 6) is 0.462. The van der Waals surface area contributed by atoms with Gasteiger partial charge in [-0.3, -0.25) is 14.4 Å². The third kappa shape index (κ3) is 2.09. The second-order valence-corrected chi connectivity index (χ2v) is 5.77. The van der Waals surface area contributed by atoms with Crippen molar-refractivity contribution < 1.29 is 4.79 Å². The van der Waals surface area contributed by atoms with E-state index in [1.54, 1.807) is 0 Å². The summed E-state index contributed by atoms with van der Waals surface area (Å²) >= 11 is 0. The number of piperidine rings is 2. The molecule has 98 valence electrons. The predicted octanol–water partition coefficient (Wildman–Crippen LogP) is 1.81. The number of fused-ring (bicyclic) bond motifs is 2. The second kappa shape index (κ2) is 4.50. The van der Waals surface area contributed by atoms with Crippen molar-refractivity contribution in [1.82, 2.24) is 14.7 Å². The third-order valence-electron chi connectivity index (χ3n) is 4.41. The Labute approximate surface area is 108 Å². The molecule has 0 aromatic carbocycles. The Balaban J connectivity index is 1.79. The van der Waals surface area contributed by atoms with Gasteiger partial charge in [-0.05, 0) is 19.8 Å². The molecular formula is C14H21N3O. The largest absolute Gasteiger partial charge is 0.300 e. The van der Waals surface area contributed by atoms with Gasteiger partial charge in [-0.1, -0.05) is 6.42 Å². The number of Topliss-reactive ketones (excluding diaryl/α,β-unsaturated/α-hetero) is 1. The SMILES string of the molecule is Cc1nn(C)cc1CN1C2CCCC1CC(=O)C2. The second-order valence-electron chi connectivity index (χ2n) is 5.77. The number of ketones is 1. The molecule has 18 heavy (non-hydrogen) atoms. The fourth-order valence-corrected chi connectivity index (χ4v) is 3.53. The highest BCUT2D eigenvalue weighted by Crippen LogP contribution is 2.33. The smallest absolute Gasteiger partial charge is 0.136 e. The molecule has 0 aliphatic carbocycles. The van der Waals surface area contributed by atoms with Gasteiger partial charge in [0.25, 0.3) is 0 Å². The maximum atomic E-state index is 11.7. The number of nitrogens with zero attached hydrogens (tertiary/aromatic N) is 3. The van der Waals surface area contributed by atoms with Crippen LogP contribution in [0.1, 0.15) is 43.4 Å². The van der Waals surface area contributed by atoms with Gasteiger partial charge in [0, 0.05) is 50.3 Å². The molecule has 2 fully saturated rings. The molecular weight excluding hydrogens is 226 g/mol. The Bertz CT molecular complexity index is 450. The van der Waals surface area contributed by atoms with Crippen LogP contribution < -0.4 is 0 Å². The van der Waals surface area contributed by atoms with E-state index in [9.17, 15) is 4.79 Å². The molecule has 2 aliphatic heterocycles. The number of aromatic nitrogens is 2. The molecule has 0 N–H and O–H groups in total. The van der Waals surface area contributed by atoms with Crippen molar-refractivity contribution in [2.24, 2.45) is 7.05 Å². The van der Waals surface area contributed by atoms with Gasteiger partial charge in [0.1, 0.15) is 5.78 Å². The molecule has 0 saturated carbocycles. The van der Waals surface area contributed by atoms with Crippen LogP contribution in [0.15, 0.2) is 6.20 Å². The lowest BCUT2D eigenvalue weighted by molar-refractivity contribution is -0.127. The van der Waals surface area contributed by atoms with E-state index in [0.717, 1.165) is 25.1 Å². The Morgan fingerprint density at radius 1 is 1.33 bits per heavy atom. The molecule has 2 aliphatic rings. The minimum atomic E-state index is 0.462. The molecule has 2 unspecified atom stereocenters. The highest BCUT2D eigenvalue weighted by Gasteiger charge is 2.37. The molecule has 3 heterocycles. The lowest BCUT2D eigenvalue weighted by atomic mass is 9.83. The molecule has 1 aromatic heterocycles. The van der Waals surface area contributed by atoms with Crippen LogP contribution in [0.5, 0.6) is 0 Å². The van der Waals surface area contributed by atoms with Crippen molar-refractivity contribution >= 4 is 5.78 Å². The van der Waals surface area contributed by atoms with Crippen LogP contribution in [0.2, 0.25) is 0 Å². The van der Waals surface area contributed by atoms with E-state index < -0.39 is 0 Å². The molecule has 0 amide bonds. The molecule has 1 aromatic rings. The van der Waals surface area contributed by atoms with Crippen LogP contribution in [0.3, 0.4) is 0 Å². The molecule has 4 heteroatoms. The molecule has 2 bridgehead atoms. The standard InChI is InChI=1S/C14H21N3O/c1-10-11(8-16(2)15-10)9-17-12-4-3-5-13(17)7-14(18)6-12/h8,12-13H,3-7,9H2,1-2H3. The van der Waals surface area contributed by atoms with Crippen LogP contribution in [0.4, 0.5) is 0 Å². The minimum Gasteiger partial charge on any atom is -0.300 e. The van der Waals surface area contributed by atoms with Crippen molar-refractivity contribution in [3.8, 4) is 0 Å². The van der Waals surface area contributed by atoms with Crippen molar-refractivity contribution in [2.45, 2.75) is 57.7 Å². The van der Waals surface area contributed by atoms with E-state index in [1.807, 2.05) is 11.7 Å². The summed E-state index contributed by atoms with van der Waals surface area (Å²) in [7, 11) is 1.97. The maximum Gasteiger partial charge on any atom is 0.136 e. The Morgan fingerprint density at radius 3 is 2.56 bits per heavy atom. The fourth-order valence-electron chi connectivity index (χ4n) is 3.53. The number of hydrogen-bond donors (Lipinski definition) is 0. The molecule has 2 atom stereocenters. The van der Waals surface area contributed by atoms with E-state index >= 15 is 0 Å². The molecule has 0 spiro atoms. The predicted molar refractivity (Wildman–Crippen MR) is 69.2 cm³/mol. The lowest BCUT2D eigenvalue weighted by Gasteiger charge is -2.45. The monoisotopic (exact) mass is 247 g/mol. The third-order valence-corrected chi connectivity index (χ3v) is 4.41. The summed E-state index contributed by atoms with van der Waals surface area (Å²) in [5.41, 5.74) is 2.43. The van der Waals surface area contributed by atoms with E-state index in [1.165, 1.54) is 24.8 Å². The van der Waals surface area contributed by atoms with E-state index in [0.29, 0.717) is 17.9 Å².